The van der Waals surface area contributed by atoms with Gasteiger partial charge in [0.05, 0.1) is 19.3 Å². The fraction of sp³-hybridized carbons (Fsp3) is 0.579. The van der Waals surface area contributed by atoms with Crippen LogP contribution in [0, 0.1) is 5.92 Å². The molecule has 42 heavy (non-hydrogen) atoms. The second kappa shape index (κ2) is 10.1. The molecule has 6 N–H and O–H groups in total. The van der Waals surface area contributed by atoms with Crippen LogP contribution in [0.3, 0.4) is 0 Å². The third-order valence-corrected chi connectivity index (χ3v) is 8.68. The Kier molecular flexibility index (Phi) is 6.62. The van der Waals surface area contributed by atoms with Crippen LogP contribution in [-0.4, -0.2) is 98.9 Å². The number of nitrogens with one attached hydrogen (secondary N) is 1. The van der Waals surface area contributed by atoms with E-state index in [9.17, 15) is 9.69 Å². The lowest BCUT2D eigenvalue weighted by Crippen LogP contribution is -2.34. The van der Waals surface area contributed by atoms with Crippen LogP contribution in [0.25, 0.3) is 22.3 Å². The van der Waals surface area contributed by atoms with E-state index < -0.39 is 68.1 Å². The minimum absolute atomic E-state index is 0.0201. The maximum absolute atomic E-state index is 15.9. The van der Waals surface area contributed by atoms with Gasteiger partial charge in [-0.1, -0.05) is 10.4 Å². The Hall–Kier alpha value is -3.37. The molecule has 4 aromatic heterocycles. The topological polar surface area (TPSA) is 251 Å². The number of nitrogen functional groups attached to an aromatic ring is 2. The lowest BCUT2D eigenvalue weighted by Gasteiger charge is -2.27. The van der Waals surface area contributed by atoms with E-state index in [0.29, 0.717) is 0 Å². The number of nitrogens with two attached hydrogens (primary N) is 2. The van der Waals surface area contributed by atoms with Gasteiger partial charge in [-0.15, -0.1) is 10.2 Å². The maximum Gasteiger partial charge on any atom is 0.325 e. The van der Waals surface area contributed by atoms with E-state index >= 15 is 8.78 Å². The third-order valence-electron chi connectivity index (χ3n) is 7.12. The molecule has 9 atom stereocenters. The van der Waals surface area contributed by atoms with Gasteiger partial charge in [0.2, 0.25) is 5.95 Å². The monoisotopic (exact) mass is 630 g/mol. The van der Waals surface area contributed by atoms with E-state index in [2.05, 4.69) is 40.6 Å². The number of aromatic amines is 1. The molecule has 2 unspecified atom stereocenters. The zero-order valence-corrected chi connectivity index (χ0v) is 22.7. The summed E-state index contributed by atoms with van der Waals surface area (Å²) in [6.07, 6.45) is -9.42. The highest BCUT2D eigenvalue weighted by atomic mass is 32.5. The van der Waals surface area contributed by atoms with Crippen molar-refractivity contribution in [2.75, 3.05) is 24.7 Å². The zero-order chi connectivity index (χ0) is 29.3. The Morgan fingerprint density at radius 3 is 2.64 bits per heavy atom. The largest absolute Gasteiger partial charge is 0.382 e. The molecule has 4 aromatic rings. The predicted molar refractivity (Wildman–Crippen MR) is 137 cm³/mol. The molecule has 224 valence electrons. The molecular formula is C19H21F2N12O7PS. The molecule has 0 aromatic carbocycles. The first-order valence-corrected chi connectivity index (χ1v) is 15.0. The molecular weight excluding hydrogens is 609 g/mol. The first-order chi connectivity index (χ1) is 20.1. The van der Waals surface area contributed by atoms with Crippen molar-refractivity contribution in [1.82, 2.24) is 49.9 Å². The molecule has 3 aliphatic rings. The van der Waals surface area contributed by atoms with E-state index in [1.54, 1.807) is 0 Å². The molecule has 3 aliphatic heterocycles. The first-order valence-electron chi connectivity index (χ1n) is 12.4. The second-order valence-corrected chi connectivity index (χ2v) is 12.4. The number of fused-ring (bicyclic) bond motifs is 5. The van der Waals surface area contributed by atoms with Crippen LogP contribution in [0.5, 0.6) is 0 Å². The number of rotatable bonds is 2. The van der Waals surface area contributed by atoms with E-state index in [0.717, 1.165) is 9.36 Å². The van der Waals surface area contributed by atoms with Crippen molar-refractivity contribution in [3.05, 3.63) is 16.7 Å². The number of hydrogen-bond donors (Lipinski definition) is 4. The summed E-state index contributed by atoms with van der Waals surface area (Å²) in [6.45, 7) is -4.82. The Bertz CT molecular complexity index is 1780. The smallest absolute Gasteiger partial charge is 0.325 e. The minimum Gasteiger partial charge on any atom is -0.382 e. The van der Waals surface area contributed by atoms with Gasteiger partial charge in [0.1, 0.15) is 6.33 Å². The molecule has 0 spiro atoms. The number of halogens is 2. The van der Waals surface area contributed by atoms with E-state index in [4.69, 9.17) is 46.5 Å². The van der Waals surface area contributed by atoms with Crippen LogP contribution in [0.1, 0.15) is 18.9 Å². The highest BCUT2D eigenvalue weighted by Gasteiger charge is 2.53. The highest BCUT2D eigenvalue weighted by molar-refractivity contribution is 8.07. The van der Waals surface area contributed by atoms with Crippen molar-refractivity contribution < 1.29 is 36.9 Å². The lowest BCUT2D eigenvalue weighted by molar-refractivity contribution is -0.170. The standard InChI is InChI=1S/C19H21F2N12O7PS/c20-7-5-1-2-36-18-8(21)11(17(39-18)33-14-10(29-31-33)15(34)27-19(23)26-14)40-41(35,42)37-3-6(5)38-16(7)32-13-9(28-30-32)12(22)24-4-25-13/h4-8,11,16-18H,1-3H2,(H,35,42)(H2,22,24,25)(H3,23,26,27,34)/t5-,6-,7+,8-,11-,16-,17-,18?,41?/m1/s1. The summed E-state index contributed by atoms with van der Waals surface area (Å²) in [7, 11) is 0. The quantitative estimate of drug-likeness (QED) is 0.194. The molecule has 0 saturated carbocycles. The molecule has 0 amide bonds. The Balaban J connectivity index is 1.17. The number of ether oxygens (including phenoxy) is 3. The van der Waals surface area contributed by atoms with Crippen molar-refractivity contribution in [2.45, 2.75) is 49.7 Å². The molecule has 7 rings (SSSR count). The van der Waals surface area contributed by atoms with Gasteiger partial charge in [-0.05, 0) is 18.2 Å². The van der Waals surface area contributed by atoms with Gasteiger partial charge in [-0.3, -0.25) is 14.3 Å². The number of H-pyrrole nitrogens is 1. The van der Waals surface area contributed by atoms with Crippen LogP contribution < -0.4 is 17.0 Å². The number of anilines is 2. The summed E-state index contributed by atoms with van der Waals surface area (Å²) < 4.78 is 62.0. The van der Waals surface area contributed by atoms with Crippen molar-refractivity contribution >= 4 is 52.6 Å². The molecule has 23 heteroatoms. The van der Waals surface area contributed by atoms with Crippen LogP contribution >= 0.6 is 6.72 Å². The van der Waals surface area contributed by atoms with E-state index in [1.807, 2.05) is 0 Å². The van der Waals surface area contributed by atoms with Crippen LogP contribution in [-0.2, 0) is 35.1 Å². The number of alkyl halides is 2. The van der Waals surface area contributed by atoms with Gasteiger partial charge in [0, 0.05) is 5.92 Å². The fourth-order valence-electron chi connectivity index (χ4n) is 5.17. The number of hydrogen-bond acceptors (Lipinski definition) is 16. The minimum atomic E-state index is -4.23. The van der Waals surface area contributed by atoms with Crippen LogP contribution in [0.15, 0.2) is 11.1 Å². The van der Waals surface area contributed by atoms with Crippen molar-refractivity contribution in [2.24, 2.45) is 5.92 Å². The Labute approximate surface area is 236 Å². The summed E-state index contributed by atoms with van der Waals surface area (Å²) in [6, 6.07) is 0. The van der Waals surface area contributed by atoms with E-state index in [-0.39, 0.29) is 47.1 Å². The van der Waals surface area contributed by atoms with Gasteiger partial charge < -0.3 is 35.1 Å². The summed E-state index contributed by atoms with van der Waals surface area (Å²) in [5, 5.41) is 15.4. The SMILES string of the molecule is Nc1nc2c(nnn2[C@@H]2OC3OCC[C@H]4[C@H](F)[C@H](n5nnc6c(N)ncnc65)O[C@@H]4COP(O)(=S)O[C@@H]2[C@H]3F)c(=O)[nH]1. The fourth-order valence-corrected chi connectivity index (χ4v) is 6.57. The third kappa shape index (κ3) is 4.50. The van der Waals surface area contributed by atoms with Gasteiger partial charge in [-0.25, -0.2) is 18.7 Å². The second-order valence-electron chi connectivity index (χ2n) is 9.63. The summed E-state index contributed by atoms with van der Waals surface area (Å²) in [5.74, 6) is -1.08. The molecule has 0 radical (unpaired) electrons. The summed E-state index contributed by atoms with van der Waals surface area (Å²) >= 11 is 5.15. The van der Waals surface area contributed by atoms with Crippen molar-refractivity contribution in [1.29, 1.82) is 0 Å². The number of aromatic nitrogens is 10. The summed E-state index contributed by atoms with van der Waals surface area (Å²) in [4.78, 5) is 37.3. The molecule has 0 aliphatic carbocycles. The molecule has 3 fully saturated rings. The molecule has 2 bridgehead atoms. The maximum atomic E-state index is 15.9. The molecule has 19 nitrogen and oxygen atoms in total. The first kappa shape index (κ1) is 27.5. The van der Waals surface area contributed by atoms with Crippen molar-refractivity contribution in [3.63, 3.8) is 0 Å². The van der Waals surface area contributed by atoms with Gasteiger partial charge >= 0.3 is 6.72 Å². The van der Waals surface area contributed by atoms with Crippen LogP contribution in [0.2, 0.25) is 0 Å². The average Bonchev–Trinajstić information content (AvgIpc) is 3.69. The highest BCUT2D eigenvalue weighted by Crippen LogP contribution is 2.52. The lowest BCUT2D eigenvalue weighted by atomic mass is 9.96. The molecule has 3 saturated heterocycles. The zero-order valence-electron chi connectivity index (χ0n) is 21.0. The predicted octanol–water partition coefficient (Wildman–Crippen LogP) is -1.00. The Morgan fingerprint density at radius 2 is 1.83 bits per heavy atom. The Morgan fingerprint density at radius 1 is 1.07 bits per heavy atom. The van der Waals surface area contributed by atoms with Gasteiger partial charge in [0.15, 0.2) is 65.3 Å². The van der Waals surface area contributed by atoms with Crippen molar-refractivity contribution in [3.8, 4) is 0 Å². The normalized spacial score (nSPS) is 35.7. The summed E-state index contributed by atoms with van der Waals surface area (Å²) in [5.41, 5.74) is 10.7. The average molecular weight is 630 g/mol. The molecule has 7 heterocycles. The van der Waals surface area contributed by atoms with Gasteiger partial charge in [0.25, 0.3) is 5.56 Å². The number of nitrogens with zero attached hydrogens (tertiary/aromatic N) is 9. The van der Waals surface area contributed by atoms with Gasteiger partial charge in [-0.2, -0.15) is 14.3 Å². The van der Waals surface area contributed by atoms with E-state index in [1.165, 1.54) is 6.33 Å². The van der Waals surface area contributed by atoms with Crippen LogP contribution in [0.4, 0.5) is 20.5 Å².